The van der Waals surface area contributed by atoms with Gasteiger partial charge in [0.2, 0.25) is 0 Å². The van der Waals surface area contributed by atoms with E-state index in [0.29, 0.717) is 5.02 Å². The van der Waals surface area contributed by atoms with Crippen LogP contribution in [0.3, 0.4) is 0 Å². The van der Waals surface area contributed by atoms with Crippen molar-refractivity contribution in [2.75, 3.05) is 7.11 Å². The Bertz CT molecular complexity index is 361. The standard InChI is InChI=1S/C12H16ClNO/c1-15-11-8-9(2-3-10(11)13)4-5-12(14)6-7-12/h2-3,8H,4-7,14H2,1H3. The van der Waals surface area contributed by atoms with E-state index in [1.54, 1.807) is 7.11 Å². The molecule has 82 valence electrons. The molecule has 0 aromatic heterocycles. The maximum atomic E-state index is 6.04. The molecule has 0 atom stereocenters. The number of ether oxygens (including phenoxy) is 1. The molecule has 0 amide bonds. The second kappa shape index (κ2) is 4.03. The molecule has 0 saturated heterocycles. The lowest BCUT2D eigenvalue weighted by molar-refractivity contribution is 0.414. The van der Waals surface area contributed by atoms with Crippen molar-refractivity contribution >= 4 is 11.6 Å². The van der Waals surface area contributed by atoms with Crippen LogP contribution in [0.4, 0.5) is 0 Å². The van der Waals surface area contributed by atoms with Crippen LogP contribution in [0.25, 0.3) is 0 Å². The van der Waals surface area contributed by atoms with E-state index >= 15 is 0 Å². The molecule has 0 bridgehead atoms. The van der Waals surface area contributed by atoms with Gasteiger partial charge in [0.05, 0.1) is 12.1 Å². The second-order valence-corrected chi connectivity index (χ2v) is 4.74. The number of halogens is 1. The Hall–Kier alpha value is -0.730. The maximum Gasteiger partial charge on any atom is 0.137 e. The Balaban J connectivity index is 2.01. The molecule has 0 unspecified atom stereocenters. The summed E-state index contributed by atoms with van der Waals surface area (Å²) in [5.41, 5.74) is 7.40. The number of hydrogen-bond donors (Lipinski definition) is 1. The molecule has 1 saturated carbocycles. The largest absolute Gasteiger partial charge is 0.495 e. The summed E-state index contributed by atoms with van der Waals surface area (Å²) in [6.45, 7) is 0. The van der Waals surface area contributed by atoms with Gasteiger partial charge in [-0.15, -0.1) is 0 Å². The van der Waals surface area contributed by atoms with Crippen LogP contribution in [0.1, 0.15) is 24.8 Å². The van der Waals surface area contributed by atoms with Gasteiger partial charge in [-0.25, -0.2) is 0 Å². The molecule has 2 rings (SSSR count). The van der Waals surface area contributed by atoms with Crippen LogP contribution in [0.5, 0.6) is 5.75 Å². The number of hydrogen-bond acceptors (Lipinski definition) is 2. The van der Waals surface area contributed by atoms with E-state index in [1.165, 1.54) is 5.56 Å². The van der Waals surface area contributed by atoms with E-state index < -0.39 is 0 Å². The minimum Gasteiger partial charge on any atom is -0.495 e. The maximum absolute atomic E-state index is 6.04. The predicted octanol–water partition coefficient (Wildman–Crippen LogP) is 2.77. The van der Waals surface area contributed by atoms with Crippen LogP contribution in [-0.2, 0) is 6.42 Å². The molecule has 3 heteroatoms. The highest BCUT2D eigenvalue weighted by Crippen LogP contribution is 2.37. The van der Waals surface area contributed by atoms with Gasteiger partial charge in [-0.2, -0.15) is 0 Å². The van der Waals surface area contributed by atoms with Crippen molar-refractivity contribution in [1.29, 1.82) is 0 Å². The third kappa shape index (κ3) is 2.64. The minimum absolute atomic E-state index is 0.118. The summed E-state index contributed by atoms with van der Waals surface area (Å²) >= 11 is 5.95. The van der Waals surface area contributed by atoms with Gasteiger partial charge >= 0.3 is 0 Å². The van der Waals surface area contributed by atoms with Gasteiger partial charge in [-0.3, -0.25) is 0 Å². The number of benzene rings is 1. The predicted molar refractivity (Wildman–Crippen MR) is 62.5 cm³/mol. The first-order valence-corrected chi connectivity index (χ1v) is 5.62. The Morgan fingerprint density at radius 2 is 2.20 bits per heavy atom. The molecule has 1 fully saturated rings. The first kappa shape index (κ1) is 10.8. The Morgan fingerprint density at radius 1 is 1.47 bits per heavy atom. The van der Waals surface area contributed by atoms with E-state index in [1.807, 2.05) is 18.2 Å². The molecule has 0 radical (unpaired) electrons. The first-order valence-electron chi connectivity index (χ1n) is 5.24. The zero-order valence-corrected chi connectivity index (χ0v) is 9.68. The van der Waals surface area contributed by atoms with Crippen LogP contribution >= 0.6 is 11.6 Å². The molecule has 1 aliphatic carbocycles. The molecule has 15 heavy (non-hydrogen) atoms. The van der Waals surface area contributed by atoms with E-state index in [-0.39, 0.29) is 5.54 Å². The topological polar surface area (TPSA) is 35.2 Å². The van der Waals surface area contributed by atoms with Crippen molar-refractivity contribution in [3.63, 3.8) is 0 Å². The number of nitrogens with two attached hydrogens (primary N) is 1. The monoisotopic (exact) mass is 225 g/mol. The summed E-state index contributed by atoms with van der Waals surface area (Å²) < 4.78 is 5.17. The summed E-state index contributed by atoms with van der Waals surface area (Å²) in [4.78, 5) is 0. The summed E-state index contributed by atoms with van der Waals surface area (Å²) in [6, 6.07) is 5.91. The van der Waals surface area contributed by atoms with Gasteiger partial charge in [-0.05, 0) is 43.4 Å². The fraction of sp³-hybridized carbons (Fsp3) is 0.500. The molecular formula is C12H16ClNO. The molecule has 2 nitrogen and oxygen atoms in total. The van der Waals surface area contributed by atoms with E-state index in [2.05, 4.69) is 0 Å². The smallest absolute Gasteiger partial charge is 0.137 e. The first-order chi connectivity index (χ1) is 7.13. The second-order valence-electron chi connectivity index (χ2n) is 4.33. The molecular weight excluding hydrogens is 210 g/mol. The van der Waals surface area contributed by atoms with Gasteiger partial charge in [-0.1, -0.05) is 17.7 Å². The quantitative estimate of drug-likeness (QED) is 0.855. The molecule has 1 aliphatic rings. The van der Waals surface area contributed by atoms with E-state index in [9.17, 15) is 0 Å². The van der Waals surface area contributed by atoms with Crippen molar-refractivity contribution in [2.45, 2.75) is 31.2 Å². The SMILES string of the molecule is COc1cc(CCC2(N)CC2)ccc1Cl. The van der Waals surface area contributed by atoms with E-state index in [4.69, 9.17) is 22.1 Å². The van der Waals surface area contributed by atoms with Gasteiger partial charge in [0.15, 0.2) is 0 Å². The van der Waals surface area contributed by atoms with Gasteiger partial charge in [0, 0.05) is 5.54 Å². The van der Waals surface area contributed by atoms with Crippen molar-refractivity contribution < 1.29 is 4.74 Å². The summed E-state index contributed by atoms with van der Waals surface area (Å²) in [5, 5.41) is 0.662. The minimum atomic E-state index is 0.118. The third-order valence-electron chi connectivity index (χ3n) is 3.02. The van der Waals surface area contributed by atoms with Gasteiger partial charge < -0.3 is 10.5 Å². The zero-order chi connectivity index (χ0) is 10.9. The molecule has 0 spiro atoms. The van der Waals surface area contributed by atoms with Crippen LogP contribution < -0.4 is 10.5 Å². The summed E-state index contributed by atoms with van der Waals surface area (Å²) in [6.07, 6.45) is 4.39. The molecule has 1 aromatic rings. The highest BCUT2D eigenvalue weighted by Gasteiger charge is 2.37. The van der Waals surface area contributed by atoms with Gasteiger partial charge in [0.1, 0.15) is 5.75 Å². The lowest BCUT2D eigenvalue weighted by Crippen LogP contribution is -2.22. The fourth-order valence-corrected chi connectivity index (χ4v) is 1.86. The Morgan fingerprint density at radius 3 is 2.80 bits per heavy atom. The van der Waals surface area contributed by atoms with Crippen molar-refractivity contribution in [3.8, 4) is 5.75 Å². The number of methoxy groups -OCH3 is 1. The Kier molecular flexibility index (Phi) is 2.89. The molecule has 1 aromatic carbocycles. The molecule has 0 aliphatic heterocycles. The highest BCUT2D eigenvalue weighted by atomic mass is 35.5. The third-order valence-corrected chi connectivity index (χ3v) is 3.33. The van der Waals surface area contributed by atoms with Crippen molar-refractivity contribution in [1.82, 2.24) is 0 Å². The average Bonchev–Trinajstić information content (AvgIpc) is 2.96. The van der Waals surface area contributed by atoms with Crippen LogP contribution in [0, 0.1) is 0 Å². The van der Waals surface area contributed by atoms with Crippen LogP contribution in [-0.4, -0.2) is 12.6 Å². The zero-order valence-electron chi connectivity index (χ0n) is 8.92. The Labute approximate surface area is 95.4 Å². The van der Waals surface area contributed by atoms with Crippen molar-refractivity contribution in [2.24, 2.45) is 5.73 Å². The summed E-state index contributed by atoms with van der Waals surface area (Å²) in [7, 11) is 1.64. The van der Waals surface area contributed by atoms with Crippen molar-refractivity contribution in [3.05, 3.63) is 28.8 Å². The van der Waals surface area contributed by atoms with Crippen LogP contribution in [0.2, 0.25) is 5.02 Å². The van der Waals surface area contributed by atoms with Crippen LogP contribution in [0.15, 0.2) is 18.2 Å². The average molecular weight is 226 g/mol. The lowest BCUT2D eigenvalue weighted by Gasteiger charge is -2.09. The number of aryl methyl sites for hydroxylation is 1. The summed E-state index contributed by atoms with van der Waals surface area (Å²) in [5.74, 6) is 0.746. The lowest BCUT2D eigenvalue weighted by atomic mass is 10.0. The fourth-order valence-electron chi connectivity index (χ4n) is 1.66. The molecule has 0 heterocycles. The van der Waals surface area contributed by atoms with E-state index in [0.717, 1.165) is 31.4 Å². The molecule has 2 N–H and O–H groups in total. The number of rotatable bonds is 4. The van der Waals surface area contributed by atoms with Gasteiger partial charge in [0.25, 0.3) is 0 Å². The normalized spacial score (nSPS) is 17.5. The highest BCUT2D eigenvalue weighted by molar-refractivity contribution is 6.32.